The Morgan fingerprint density at radius 1 is 1.00 bits per heavy atom. The second-order valence-electron chi connectivity index (χ2n) is 4.17. The average Bonchev–Trinajstić information content (AvgIpc) is 2.49. The molecule has 0 radical (unpaired) electrons. The molecule has 0 saturated heterocycles. The van der Waals surface area contributed by atoms with Crippen molar-refractivity contribution in [2.45, 2.75) is 12.2 Å². The Labute approximate surface area is 151 Å². The Hall–Kier alpha value is -2.60. The van der Waals surface area contributed by atoms with Crippen LogP contribution >= 0.6 is 23.2 Å². The van der Waals surface area contributed by atoms with E-state index in [1.807, 2.05) is 0 Å². The van der Waals surface area contributed by atoms with Gasteiger partial charge in [0.25, 0.3) is 0 Å². The van der Waals surface area contributed by atoms with Gasteiger partial charge in [0.2, 0.25) is 5.96 Å². The Bertz CT molecular complexity index is 675. The third kappa shape index (κ3) is 8.72. The van der Waals surface area contributed by atoms with Gasteiger partial charge in [-0.25, -0.2) is 14.6 Å². The van der Waals surface area contributed by atoms with Crippen LogP contribution in [-0.4, -0.2) is 56.5 Å². The van der Waals surface area contributed by atoms with Gasteiger partial charge in [0, 0.05) is 5.02 Å². The van der Waals surface area contributed by atoms with Crippen molar-refractivity contribution in [2.75, 3.05) is 0 Å². The summed E-state index contributed by atoms with van der Waals surface area (Å²) in [6.45, 7) is 0. The third-order valence-corrected chi connectivity index (χ3v) is 2.75. The number of rotatable bonds is 4. The maximum atomic E-state index is 9.77. The van der Waals surface area contributed by atoms with Crippen molar-refractivity contribution < 1.29 is 30.0 Å². The van der Waals surface area contributed by atoms with Crippen LogP contribution in [0.2, 0.25) is 10.0 Å². The van der Waals surface area contributed by atoms with Gasteiger partial charge in [-0.2, -0.15) is 4.99 Å². The first-order valence-electron chi connectivity index (χ1n) is 6.16. The van der Waals surface area contributed by atoms with Crippen molar-refractivity contribution in [3.8, 4) is 0 Å². The minimum absolute atomic E-state index is 0.0841. The molecule has 13 heteroatoms. The molecular formula is C12H15Cl2N5O6. The number of carboxylic acids is 2. The van der Waals surface area contributed by atoms with Gasteiger partial charge in [-0.3, -0.25) is 0 Å². The SMILES string of the molecule is NC(N)=NC(N)=Nc1cc(Cl)ccc1Cl.O=C(O)C(O)C(O)C(=O)O. The molecule has 0 aliphatic carbocycles. The number of halogens is 2. The normalized spacial score (nSPS) is 13.0. The molecule has 0 heterocycles. The first-order chi connectivity index (χ1) is 11.5. The number of benzene rings is 1. The molecule has 1 rings (SSSR count). The molecule has 0 aliphatic rings. The summed E-state index contributed by atoms with van der Waals surface area (Å²) in [5.74, 6) is -3.79. The fourth-order valence-corrected chi connectivity index (χ4v) is 1.45. The van der Waals surface area contributed by atoms with Crippen molar-refractivity contribution in [1.82, 2.24) is 0 Å². The number of hydrogen-bond donors (Lipinski definition) is 7. The van der Waals surface area contributed by atoms with Crippen LogP contribution in [0.3, 0.4) is 0 Å². The standard InChI is InChI=1S/C8H9Cl2N5.C4H6O6/c9-4-1-2-5(10)6(3-4)14-8(13)15-7(11)12;5-1(3(7)8)2(6)4(9)10/h1-3H,(H6,11,12,13,14,15);1-2,5-6H,(H,7,8)(H,9,10). The number of aliphatic imine (C=N–C) groups is 2. The molecule has 0 aromatic heterocycles. The predicted molar refractivity (Wildman–Crippen MR) is 90.8 cm³/mol. The summed E-state index contributed by atoms with van der Waals surface area (Å²) >= 11 is 11.6. The van der Waals surface area contributed by atoms with Gasteiger partial charge in [-0.05, 0) is 18.2 Å². The van der Waals surface area contributed by atoms with E-state index in [9.17, 15) is 9.59 Å². The van der Waals surface area contributed by atoms with E-state index in [0.29, 0.717) is 15.7 Å². The molecule has 2 unspecified atom stereocenters. The second kappa shape index (κ2) is 10.3. The zero-order valence-electron chi connectivity index (χ0n) is 12.4. The zero-order valence-corrected chi connectivity index (χ0v) is 13.9. The molecule has 0 saturated carbocycles. The van der Waals surface area contributed by atoms with E-state index in [1.165, 1.54) is 0 Å². The van der Waals surface area contributed by atoms with Crippen LogP contribution in [0.15, 0.2) is 28.2 Å². The Balaban J connectivity index is 0.000000504. The summed E-state index contributed by atoms with van der Waals surface area (Å²) in [6, 6.07) is 4.80. The van der Waals surface area contributed by atoms with Crippen LogP contribution in [-0.2, 0) is 9.59 Å². The molecule has 11 nitrogen and oxygen atoms in total. The molecule has 0 amide bonds. The van der Waals surface area contributed by atoms with E-state index in [1.54, 1.807) is 18.2 Å². The Morgan fingerprint density at radius 3 is 1.88 bits per heavy atom. The van der Waals surface area contributed by atoms with Crippen LogP contribution in [0.1, 0.15) is 0 Å². The topological polar surface area (TPSA) is 218 Å². The van der Waals surface area contributed by atoms with E-state index < -0.39 is 24.1 Å². The number of carbonyl (C=O) groups is 2. The van der Waals surface area contributed by atoms with E-state index in [-0.39, 0.29) is 11.9 Å². The highest BCUT2D eigenvalue weighted by atomic mass is 35.5. The first-order valence-corrected chi connectivity index (χ1v) is 6.91. The van der Waals surface area contributed by atoms with E-state index in [4.69, 9.17) is 60.8 Å². The van der Waals surface area contributed by atoms with E-state index in [0.717, 1.165) is 0 Å². The molecule has 0 aliphatic heterocycles. The Kier molecular flexibility index (Phi) is 9.23. The largest absolute Gasteiger partial charge is 0.479 e. The molecule has 0 bridgehead atoms. The highest BCUT2D eigenvalue weighted by Crippen LogP contribution is 2.27. The highest BCUT2D eigenvalue weighted by molar-refractivity contribution is 6.35. The number of aliphatic hydroxyl groups is 2. The molecule has 25 heavy (non-hydrogen) atoms. The van der Waals surface area contributed by atoms with Crippen LogP contribution in [0.25, 0.3) is 0 Å². The highest BCUT2D eigenvalue weighted by Gasteiger charge is 2.29. The third-order valence-electron chi connectivity index (χ3n) is 2.19. The lowest BCUT2D eigenvalue weighted by molar-refractivity contribution is -0.165. The minimum atomic E-state index is -2.27. The molecule has 10 N–H and O–H groups in total. The summed E-state index contributed by atoms with van der Waals surface area (Å²) in [4.78, 5) is 27.0. The number of aliphatic hydroxyl groups excluding tert-OH is 2. The van der Waals surface area contributed by atoms with Gasteiger partial charge < -0.3 is 37.6 Å². The van der Waals surface area contributed by atoms with Gasteiger partial charge in [0.05, 0.1) is 10.7 Å². The number of guanidine groups is 2. The van der Waals surface area contributed by atoms with Crippen molar-refractivity contribution >= 4 is 52.7 Å². The van der Waals surface area contributed by atoms with Crippen molar-refractivity contribution in [3.05, 3.63) is 28.2 Å². The molecule has 0 spiro atoms. The summed E-state index contributed by atoms with van der Waals surface area (Å²) in [7, 11) is 0. The van der Waals surface area contributed by atoms with Gasteiger partial charge in [-0.1, -0.05) is 23.2 Å². The van der Waals surface area contributed by atoms with Crippen molar-refractivity contribution in [3.63, 3.8) is 0 Å². The first kappa shape index (κ1) is 22.4. The molecule has 0 fully saturated rings. The zero-order chi connectivity index (χ0) is 19.7. The Morgan fingerprint density at radius 2 is 1.48 bits per heavy atom. The maximum Gasteiger partial charge on any atom is 0.335 e. The van der Waals surface area contributed by atoms with Crippen molar-refractivity contribution in [2.24, 2.45) is 27.2 Å². The molecule has 2 atom stereocenters. The van der Waals surface area contributed by atoms with Gasteiger partial charge in [-0.15, -0.1) is 0 Å². The smallest absolute Gasteiger partial charge is 0.335 e. The molecule has 1 aromatic rings. The van der Waals surface area contributed by atoms with Crippen LogP contribution in [0.4, 0.5) is 5.69 Å². The lowest BCUT2D eigenvalue weighted by atomic mass is 10.2. The predicted octanol–water partition coefficient (Wildman–Crippen LogP) is -0.910. The lowest BCUT2D eigenvalue weighted by Crippen LogP contribution is -2.39. The average molecular weight is 396 g/mol. The van der Waals surface area contributed by atoms with Gasteiger partial charge in [0.15, 0.2) is 18.2 Å². The monoisotopic (exact) mass is 395 g/mol. The number of hydrogen-bond acceptors (Lipinski definition) is 5. The fraction of sp³-hybridized carbons (Fsp3) is 0.167. The summed E-state index contributed by atoms with van der Waals surface area (Å²) < 4.78 is 0. The van der Waals surface area contributed by atoms with E-state index in [2.05, 4.69) is 9.98 Å². The molecule has 138 valence electrons. The quantitative estimate of drug-likeness (QED) is 0.247. The number of carboxylic acid groups (broad SMARTS) is 2. The van der Waals surface area contributed by atoms with Gasteiger partial charge >= 0.3 is 11.9 Å². The minimum Gasteiger partial charge on any atom is -0.479 e. The maximum absolute atomic E-state index is 9.77. The fourth-order valence-electron chi connectivity index (χ4n) is 1.12. The molecule has 1 aromatic carbocycles. The van der Waals surface area contributed by atoms with Crippen LogP contribution in [0, 0.1) is 0 Å². The summed E-state index contributed by atoms with van der Waals surface area (Å²) in [6.07, 6.45) is -4.53. The van der Waals surface area contributed by atoms with Crippen LogP contribution in [0.5, 0.6) is 0 Å². The summed E-state index contributed by atoms with van der Waals surface area (Å²) in [5, 5.41) is 33.4. The number of nitrogens with zero attached hydrogens (tertiary/aromatic N) is 2. The lowest BCUT2D eigenvalue weighted by Gasteiger charge is -2.07. The molecular weight excluding hydrogens is 381 g/mol. The van der Waals surface area contributed by atoms with Gasteiger partial charge in [0.1, 0.15) is 0 Å². The van der Waals surface area contributed by atoms with Crippen LogP contribution < -0.4 is 17.2 Å². The number of aliphatic carboxylic acids is 2. The summed E-state index contributed by atoms with van der Waals surface area (Å²) in [5.41, 5.74) is 16.1. The second-order valence-corrected chi connectivity index (χ2v) is 5.01. The number of nitrogens with two attached hydrogens (primary N) is 3. The van der Waals surface area contributed by atoms with Crippen molar-refractivity contribution in [1.29, 1.82) is 0 Å². The van der Waals surface area contributed by atoms with E-state index >= 15 is 0 Å².